The van der Waals surface area contributed by atoms with Crippen molar-refractivity contribution >= 4 is 0 Å². The van der Waals surface area contributed by atoms with Gasteiger partial charge in [0.15, 0.2) is 11.6 Å². The maximum absolute atomic E-state index is 14.1. The molecule has 20 heavy (non-hydrogen) atoms. The van der Waals surface area contributed by atoms with Gasteiger partial charge in [-0.25, -0.2) is 4.39 Å². The van der Waals surface area contributed by atoms with Gasteiger partial charge in [-0.3, -0.25) is 0 Å². The van der Waals surface area contributed by atoms with Crippen LogP contribution in [-0.4, -0.2) is 0 Å². The molecule has 0 spiro atoms. The average molecular weight is 280 g/mol. The Balaban J connectivity index is 2.09. The molecule has 0 amide bonds. The van der Waals surface area contributed by atoms with Crippen LogP contribution in [0.2, 0.25) is 0 Å². The van der Waals surface area contributed by atoms with E-state index in [1.54, 1.807) is 13.0 Å². The highest BCUT2D eigenvalue weighted by Crippen LogP contribution is 2.32. The number of rotatable bonds is 4. The van der Waals surface area contributed by atoms with Gasteiger partial charge in [0.1, 0.15) is 0 Å². The third-order valence-corrected chi connectivity index (χ3v) is 4.06. The molecule has 0 heterocycles. The van der Waals surface area contributed by atoms with E-state index >= 15 is 0 Å². The Morgan fingerprint density at radius 3 is 2.45 bits per heavy atom. The fourth-order valence-corrected chi connectivity index (χ4v) is 2.84. The van der Waals surface area contributed by atoms with E-state index in [0.717, 1.165) is 18.8 Å². The van der Waals surface area contributed by atoms with Crippen LogP contribution in [0.25, 0.3) is 0 Å². The number of benzene rings is 1. The predicted octanol–water partition coefficient (Wildman–Crippen LogP) is 5.25. The molecule has 1 aliphatic carbocycles. The quantitative estimate of drug-likeness (QED) is 0.685. The molecule has 1 saturated carbocycles. The van der Waals surface area contributed by atoms with Crippen LogP contribution in [0.15, 0.2) is 24.5 Å². The number of allylic oxidation sites excluding steroid dienone is 1. The topological polar surface area (TPSA) is 9.23 Å². The van der Waals surface area contributed by atoms with Crippen LogP contribution in [-0.2, 0) is 6.42 Å². The standard InChI is InChI=1S/C17H22F2O/c1-11(2)20-15-9-8-14(16(18)17(15)19)10-13-6-4-12(3)5-7-13/h8-9,12-13H,1,4-7,10H2,2-3H3. The van der Waals surface area contributed by atoms with E-state index in [0.29, 0.717) is 23.7 Å². The Bertz CT molecular complexity index is 488. The van der Waals surface area contributed by atoms with Gasteiger partial charge in [0.2, 0.25) is 5.82 Å². The van der Waals surface area contributed by atoms with Gasteiger partial charge >= 0.3 is 0 Å². The number of hydrogen-bond donors (Lipinski definition) is 0. The third kappa shape index (κ3) is 3.59. The minimum atomic E-state index is -0.908. The summed E-state index contributed by atoms with van der Waals surface area (Å²) in [6, 6.07) is 3.13. The summed E-state index contributed by atoms with van der Waals surface area (Å²) in [6.07, 6.45) is 5.19. The predicted molar refractivity (Wildman–Crippen MR) is 76.6 cm³/mol. The van der Waals surface area contributed by atoms with Gasteiger partial charge in [-0.1, -0.05) is 32.4 Å². The number of halogens is 2. The summed E-state index contributed by atoms with van der Waals surface area (Å²) in [5.74, 6) is -0.197. The largest absolute Gasteiger partial charge is 0.459 e. The van der Waals surface area contributed by atoms with Gasteiger partial charge in [0, 0.05) is 0 Å². The Hall–Kier alpha value is -1.38. The second-order valence-electron chi connectivity index (χ2n) is 5.98. The second-order valence-corrected chi connectivity index (χ2v) is 5.98. The SMILES string of the molecule is C=C(C)Oc1ccc(CC2CCC(C)CC2)c(F)c1F. The minimum Gasteiger partial charge on any atom is -0.459 e. The van der Waals surface area contributed by atoms with E-state index in [1.807, 2.05) is 0 Å². The Kier molecular flexibility index (Phi) is 4.79. The molecule has 0 unspecified atom stereocenters. The van der Waals surface area contributed by atoms with Crippen molar-refractivity contribution in [3.63, 3.8) is 0 Å². The molecule has 0 atom stereocenters. The van der Waals surface area contributed by atoms with Crippen molar-refractivity contribution in [1.82, 2.24) is 0 Å². The van der Waals surface area contributed by atoms with Crippen LogP contribution in [0.3, 0.4) is 0 Å². The average Bonchev–Trinajstić information content (AvgIpc) is 2.40. The van der Waals surface area contributed by atoms with Gasteiger partial charge in [-0.05, 0) is 49.7 Å². The first-order valence-electron chi connectivity index (χ1n) is 7.27. The highest BCUT2D eigenvalue weighted by Gasteiger charge is 2.22. The van der Waals surface area contributed by atoms with Crippen molar-refractivity contribution in [1.29, 1.82) is 0 Å². The normalized spacial score (nSPS) is 22.6. The fraction of sp³-hybridized carbons (Fsp3) is 0.529. The molecule has 1 aromatic rings. The van der Waals surface area contributed by atoms with Crippen LogP contribution in [0, 0.1) is 23.5 Å². The lowest BCUT2D eigenvalue weighted by Gasteiger charge is -2.26. The summed E-state index contributed by atoms with van der Waals surface area (Å²) in [4.78, 5) is 0. The molecule has 0 radical (unpaired) electrons. The third-order valence-electron chi connectivity index (χ3n) is 4.06. The van der Waals surface area contributed by atoms with E-state index in [1.165, 1.54) is 18.9 Å². The molecule has 1 aliphatic rings. The zero-order valence-corrected chi connectivity index (χ0v) is 12.2. The first-order chi connectivity index (χ1) is 9.47. The van der Waals surface area contributed by atoms with Crippen molar-refractivity contribution in [3.05, 3.63) is 41.7 Å². The van der Waals surface area contributed by atoms with Crippen molar-refractivity contribution in [2.45, 2.75) is 46.0 Å². The maximum atomic E-state index is 14.1. The summed E-state index contributed by atoms with van der Waals surface area (Å²) in [7, 11) is 0. The van der Waals surface area contributed by atoms with Crippen LogP contribution in [0.1, 0.15) is 45.1 Å². The molecule has 0 aromatic heterocycles. The van der Waals surface area contributed by atoms with Gasteiger partial charge < -0.3 is 4.74 Å². The Morgan fingerprint density at radius 2 is 1.85 bits per heavy atom. The summed E-state index contributed by atoms with van der Waals surface area (Å²) in [5, 5.41) is 0. The highest BCUT2D eigenvalue weighted by atomic mass is 19.2. The molecule has 0 N–H and O–H groups in total. The van der Waals surface area contributed by atoms with Crippen molar-refractivity contribution < 1.29 is 13.5 Å². The first-order valence-corrected chi connectivity index (χ1v) is 7.27. The summed E-state index contributed by atoms with van der Waals surface area (Å²) in [6.45, 7) is 7.39. The van der Waals surface area contributed by atoms with Crippen LogP contribution in [0.4, 0.5) is 8.78 Å². The first kappa shape index (κ1) is 15.0. The number of hydrogen-bond acceptors (Lipinski definition) is 1. The molecule has 1 aromatic carbocycles. The van der Waals surface area contributed by atoms with Gasteiger partial charge in [0.25, 0.3) is 0 Å². The maximum Gasteiger partial charge on any atom is 0.201 e. The van der Waals surface area contributed by atoms with E-state index in [4.69, 9.17) is 4.74 Å². The second kappa shape index (κ2) is 6.38. The lowest BCUT2D eigenvalue weighted by atomic mass is 9.80. The van der Waals surface area contributed by atoms with Crippen molar-refractivity contribution in [2.24, 2.45) is 11.8 Å². The van der Waals surface area contributed by atoms with Gasteiger partial charge in [-0.2, -0.15) is 4.39 Å². The zero-order chi connectivity index (χ0) is 14.7. The van der Waals surface area contributed by atoms with Gasteiger partial charge in [0.05, 0.1) is 5.76 Å². The summed E-state index contributed by atoms with van der Waals surface area (Å²) < 4.78 is 33.0. The molecule has 0 aliphatic heterocycles. The monoisotopic (exact) mass is 280 g/mol. The van der Waals surface area contributed by atoms with Crippen LogP contribution in [0.5, 0.6) is 5.75 Å². The van der Waals surface area contributed by atoms with E-state index in [-0.39, 0.29) is 5.75 Å². The molecular weight excluding hydrogens is 258 g/mol. The fourth-order valence-electron chi connectivity index (χ4n) is 2.84. The molecule has 0 bridgehead atoms. The lowest BCUT2D eigenvalue weighted by molar-refractivity contribution is 0.286. The molecule has 1 fully saturated rings. The minimum absolute atomic E-state index is 0.0870. The summed E-state index contributed by atoms with van der Waals surface area (Å²) >= 11 is 0. The molecule has 110 valence electrons. The van der Waals surface area contributed by atoms with E-state index < -0.39 is 11.6 Å². The Labute approximate surface area is 119 Å². The van der Waals surface area contributed by atoms with E-state index in [2.05, 4.69) is 13.5 Å². The summed E-state index contributed by atoms with van der Waals surface area (Å²) in [5.41, 5.74) is 0.455. The molecular formula is C17H22F2O. The highest BCUT2D eigenvalue weighted by molar-refractivity contribution is 5.32. The van der Waals surface area contributed by atoms with Crippen LogP contribution >= 0.6 is 0 Å². The van der Waals surface area contributed by atoms with E-state index in [9.17, 15) is 8.78 Å². The molecule has 2 rings (SSSR count). The molecule has 3 heteroatoms. The van der Waals surface area contributed by atoms with Crippen LogP contribution < -0.4 is 4.74 Å². The zero-order valence-electron chi connectivity index (χ0n) is 12.2. The number of ether oxygens (including phenoxy) is 1. The van der Waals surface area contributed by atoms with Crippen molar-refractivity contribution in [3.8, 4) is 5.75 Å². The Morgan fingerprint density at radius 1 is 1.20 bits per heavy atom. The van der Waals surface area contributed by atoms with Gasteiger partial charge in [-0.15, -0.1) is 0 Å². The van der Waals surface area contributed by atoms with Crippen molar-refractivity contribution in [2.75, 3.05) is 0 Å². The smallest absolute Gasteiger partial charge is 0.201 e. The molecule has 1 nitrogen and oxygen atoms in total. The lowest BCUT2D eigenvalue weighted by Crippen LogP contribution is -2.15. The molecule has 0 saturated heterocycles.